The number of para-hydroxylation sites is 1. The number of aromatic nitrogens is 4. The monoisotopic (exact) mass is 329 g/mol. The van der Waals surface area contributed by atoms with Crippen molar-refractivity contribution in [1.82, 2.24) is 19.6 Å². The minimum Gasteiger partial charge on any atom is -0.322 e. The molecule has 3 rings (SSSR count). The summed E-state index contributed by atoms with van der Waals surface area (Å²) in [6, 6.07) is 9.32. The topological polar surface area (TPSA) is 64.7 Å². The quantitative estimate of drug-likeness (QED) is 0.800. The van der Waals surface area contributed by atoms with Gasteiger partial charge in [-0.2, -0.15) is 10.2 Å². The van der Waals surface area contributed by atoms with E-state index in [2.05, 4.69) is 15.5 Å². The lowest BCUT2D eigenvalue weighted by Crippen LogP contribution is -2.20. The van der Waals surface area contributed by atoms with Crippen LogP contribution in [0.4, 0.5) is 5.69 Å². The first kappa shape index (κ1) is 15.3. The Morgan fingerprint density at radius 1 is 1.30 bits per heavy atom. The molecule has 0 spiro atoms. The highest BCUT2D eigenvalue weighted by atomic mass is 35.5. The van der Waals surface area contributed by atoms with Gasteiger partial charge in [-0.1, -0.05) is 23.7 Å². The fourth-order valence-electron chi connectivity index (χ4n) is 2.33. The zero-order valence-corrected chi connectivity index (χ0v) is 13.6. The second kappa shape index (κ2) is 6.26. The maximum Gasteiger partial charge on any atom is 0.246 e. The second-order valence-corrected chi connectivity index (χ2v) is 5.67. The number of nitrogens with one attached hydrogen (secondary N) is 1. The SMILES string of the molecule is Cc1cc(C)n(CC(=O)Nc2cnn(-c3ccccc3Cl)c2)n1. The van der Waals surface area contributed by atoms with E-state index in [4.69, 9.17) is 11.6 Å². The Morgan fingerprint density at radius 3 is 2.78 bits per heavy atom. The van der Waals surface area contributed by atoms with E-state index in [1.807, 2.05) is 38.1 Å². The molecule has 118 valence electrons. The number of hydrogen-bond donors (Lipinski definition) is 1. The molecule has 1 N–H and O–H groups in total. The minimum absolute atomic E-state index is 0.157. The zero-order valence-electron chi connectivity index (χ0n) is 12.8. The van der Waals surface area contributed by atoms with Gasteiger partial charge in [0.1, 0.15) is 6.54 Å². The summed E-state index contributed by atoms with van der Waals surface area (Å²) in [5, 5.41) is 11.9. The van der Waals surface area contributed by atoms with Gasteiger partial charge in [0.2, 0.25) is 5.91 Å². The predicted molar refractivity (Wildman–Crippen MR) is 88.9 cm³/mol. The van der Waals surface area contributed by atoms with E-state index in [1.165, 1.54) is 0 Å². The van der Waals surface area contributed by atoms with Gasteiger partial charge in [-0.15, -0.1) is 0 Å². The van der Waals surface area contributed by atoms with Crippen molar-refractivity contribution in [1.29, 1.82) is 0 Å². The molecule has 3 aromatic rings. The van der Waals surface area contributed by atoms with Crippen LogP contribution in [0.2, 0.25) is 5.02 Å². The number of anilines is 1. The maximum atomic E-state index is 12.1. The van der Waals surface area contributed by atoms with Crippen LogP contribution in [-0.2, 0) is 11.3 Å². The Kier molecular flexibility index (Phi) is 4.16. The molecular weight excluding hydrogens is 314 g/mol. The molecule has 6 nitrogen and oxygen atoms in total. The molecule has 7 heteroatoms. The fourth-order valence-corrected chi connectivity index (χ4v) is 2.55. The highest BCUT2D eigenvalue weighted by molar-refractivity contribution is 6.32. The molecule has 1 amide bonds. The van der Waals surface area contributed by atoms with E-state index < -0.39 is 0 Å². The Hall–Kier alpha value is -2.60. The van der Waals surface area contributed by atoms with Crippen LogP contribution in [0.1, 0.15) is 11.4 Å². The average Bonchev–Trinajstić information content (AvgIpc) is 3.06. The number of amides is 1. The largest absolute Gasteiger partial charge is 0.322 e. The first-order chi connectivity index (χ1) is 11.0. The summed E-state index contributed by atoms with van der Waals surface area (Å²) in [5.41, 5.74) is 3.20. The van der Waals surface area contributed by atoms with Gasteiger partial charge in [0.05, 0.1) is 34.5 Å². The molecule has 0 unspecified atom stereocenters. The third-order valence-electron chi connectivity index (χ3n) is 3.36. The van der Waals surface area contributed by atoms with Crippen molar-refractivity contribution >= 4 is 23.2 Å². The van der Waals surface area contributed by atoms with E-state index in [-0.39, 0.29) is 12.5 Å². The van der Waals surface area contributed by atoms with E-state index >= 15 is 0 Å². The first-order valence-electron chi connectivity index (χ1n) is 7.13. The van der Waals surface area contributed by atoms with E-state index in [9.17, 15) is 4.79 Å². The predicted octanol–water partition coefficient (Wildman–Crippen LogP) is 2.98. The number of aryl methyl sites for hydroxylation is 2. The van der Waals surface area contributed by atoms with Crippen LogP contribution in [0.25, 0.3) is 5.69 Å². The van der Waals surface area contributed by atoms with E-state index in [1.54, 1.807) is 27.8 Å². The summed E-state index contributed by atoms with van der Waals surface area (Å²) < 4.78 is 3.30. The van der Waals surface area contributed by atoms with Crippen LogP contribution in [0, 0.1) is 13.8 Å². The van der Waals surface area contributed by atoms with Gasteiger partial charge in [0.15, 0.2) is 0 Å². The molecule has 0 fully saturated rings. The summed E-state index contributed by atoms with van der Waals surface area (Å²) >= 11 is 6.14. The number of carbonyl (C=O) groups excluding carboxylic acids is 1. The lowest BCUT2D eigenvalue weighted by Gasteiger charge is -2.05. The molecule has 2 aromatic heterocycles. The number of nitrogens with zero attached hydrogens (tertiary/aromatic N) is 4. The molecule has 0 saturated carbocycles. The summed E-state index contributed by atoms with van der Waals surface area (Å²) in [6.07, 6.45) is 3.31. The lowest BCUT2D eigenvalue weighted by molar-refractivity contribution is -0.116. The summed E-state index contributed by atoms with van der Waals surface area (Å²) in [7, 11) is 0. The second-order valence-electron chi connectivity index (χ2n) is 5.26. The molecule has 2 heterocycles. The molecule has 0 aliphatic rings. The fraction of sp³-hybridized carbons (Fsp3) is 0.188. The summed E-state index contributed by atoms with van der Waals surface area (Å²) in [4.78, 5) is 12.1. The van der Waals surface area contributed by atoms with Crippen LogP contribution in [-0.4, -0.2) is 25.5 Å². The maximum absolute atomic E-state index is 12.1. The Morgan fingerprint density at radius 2 is 2.09 bits per heavy atom. The highest BCUT2D eigenvalue weighted by Crippen LogP contribution is 2.20. The van der Waals surface area contributed by atoms with Gasteiger partial charge in [0, 0.05) is 5.69 Å². The molecule has 0 atom stereocenters. The molecule has 0 radical (unpaired) electrons. The van der Waals surface area contributed by atoms with Gasteiger partial charge < -0.3 is 5.32 Å². The third kappa shape index (κ3) is 3.43. The van der Waals surface area contributed by atoms with E-state index in [0.29, 0.717) is 10.7 Å². The molecule has 0 aliphatic carbocycles. The lowest BCUT2D eigenvalue weighted by atomic mass is 10.3. The Balaban J connectivity index is 1.71. The number of carbonyl (C=O) groups is 1. The number of hydrogen-bond acceptors (Lipinski definition) is 3. The average molecular weight is 330 g/mol. The van der Waals surface area contributed by atoms with Gasteiger partial charge in [0.25, 0.3) is 0 Å². The van der Waals surface area contributed by atoms with Crippen molar-refractivity contribution in [3.8, 4) is 5.69 Å². The van der Waals surface area contributed by atoms with Crippen LogP contribution in [0.3, 0.4) is 0 Å². The normalized spacial score (nSPS) is 10.7. The third-order valence-corrected chi connectivity index (χ3v) is 3.68. The molecule has 0 bridgehead atoms. The molecule has 1 aromatic carbocycles. The van der Waals surface area contributed by atoms with Gasteiger partial charge in [-0.05, 0) is 32.0 Å². The number of halogens is 1. The minimum atomic E-state index is -0.157. The van der Waals surface area contributed by atoms with Crippen molar-refractivity contribution in [2.24, 2.45) is 0 Å². The van der Waals surface area contributed by atoms with Gasteiger partial charge in [-0.3, -0.25) is 9.48 Å². The van der Waals surface area contributed by atoms with Crippen molar-refractivity contribution < 1.29 is 4.79 Å². The molecule has 23 heavy (non-hydrogen) atoms. The summed E-state index contributed by atoms with van der Waals surface area (Å²) in [5.74, 6) is -0.157. The number of rotatable bonds is 4. The highest BCUT2D eigenvalue weighted by Gasteiger charge is 2.10. The van der Waals surface area contributed by atoms with Crippen molar-refractivity contribution in [2.75, 3.05) is 5.32 Å². The molecule has 0 saturated heterocycles. The van der Waals surface area contributed by atoms with Crippen molar-refractivity contribution in [2.45, 2.75) is 20.4 Å². The van der Waals surface area contributed by atoms with Crippen molar-refractivity contribution in [3.05, 3.63) is 59.1 Å². The van der Waals surface area contributed by atoms with Gasteiger partial charge >= 0.3 is 0 Å². The standard InChI is InChI=1S/C16H16ClN5O/c1-11-7-12(2)21(20-11)10-16(23)19-13-8-18-22(9-13)15-6-4-3-5-14(15)17/h3-9H,10H2,1-2H3,(H,19,23). The summed E-state index contributed by atoms with van der Waals surface area (Å²) in [6.45, 7) is 3.98. The Bertz CT molecular complexity index is 852. The zero-order chi connectivity index (χ0) is 16.4. The van der Waals surface area contributed by atoms with Gasteiger partial charge in [-0.25, -0.2) is 4.68 Å². The Labute approximate surface area is 138 Å². The number of benzene rings is 1. The smallest absolute Gasteiger partial charge is 0.246 e. The van der Waals surface area contributed by atoms with Crippen LogP contribution >= 0.6 is 11.6 Å². The first-order valence-corrected chi connectivity index (χ1v) is 7.51. The van der Waals surface area contributed by atoms with Crippen LogP contribution in [0.5, 0.6) is 0 Å². The van der Waals surface area contributed by atoms with Crippen LogP contribution < -0.4 is 5.32 Å². The van der Waals surface area contributed by atoms with Crippen molar-refractivity contribution in [3.63, 3.8) is 0 Å². The van der Waals surface area contributed by atoms with Crippen LogP contribution in [0.15, 0.2) is 42.7 Å². The molecular formula is C16H16ClN5O. The van der Waals surface area contributed by atoms with E-state index in [0.717, 1.165) is 17.1 Å². The molecule has 0 aliphatic heterocycles.